The van der Waals surface area contributed by atoms with Gasteiger partial charge >= 0.3 is 6.03 Å². The second-order valence-electron chi connectivity index (χ2n) is 22.0. The lowest BCUT2D eigenvalue weighted by atomic mass is 9.72. The van der Waals surface area contributed by atoms with Crippen molar-refractivity contribution in [3.63, 3.8) is 0 Å². The van der Waals surface area contributed by atoms with Crippen molar-refractivity contribution in [1.29, 1.82) is 0 Å². The van der Waals surface area contributed by atoms with Crippen molar-refractivity contribution in [2.24, 2.45) is 30.0 Å². The monoisotopic (exact) mass is 1080 g/mol. The Morgan fingerprint density at radius 3 is 2.34 bits per heavy atom. The fraction of sp³-hybridized carbons (Fsp3) is 0.491. The summed E-state index contributed by atoms with van der Waals surface area (Å²) in [6, 6.07) is 13.8. The maximum Gasteiger partial charge on any atom is 0.329 e. The first kappa shape index (κ1) is 54.1. The summed E-state index contributed by atoms with van der Waals surface area (Å²) in [5.74, 6) is -5.11. The van der Waals surface area contributed by atoms with E-state index in [4.69, 9.17) is 26.8 Å². The SMILES string of the molecule is CC1CN(CC2CCN(C(=O)C3(C)CCC(NCC4(c5ccccc5)Oc5cc(F)c(Cl)c(-c6c(C(N)=O)ccc(OCCO)c6F)c5C4C)CC3)CC2)CCC1c1c(F)cc2c(N3CCC(=O)NC3=O)nn(C)c2c1F. The van der Waals surface area contributed by atoms with Crippen LogP contribution in [0.25, 0.3) is 22.0 Å². The number of carbonyl (C=O) groups excluding carboxylic acids is 4. The van der Waals surface area contributed by atoms with Crippen molar-refractivity contribution in [2.75, 3.05) is 63.9 Å². The van der Waals surface area contributed by atoms with E-state index in [1.54, 1.807) is 7.05 Å². The minimum absolute atomic E-state index is 0.00869. The first-order valence-electron chi connectivity index (χ1n) is 26.7. The van der Waals surface area contributed by atoms with Gasteiger partial charge in [-0.05, 0) is 93.0 Å². The van der Waals surface area contributed by atoms with Crippen molar-refractivity contribution in [3.05, 3.63) is 105 Å². The number of piperidine rings is 2. The lowest BCUT2D eigenvalue weighted by molar-refractivity contribution is -0.145. The summed E-state index contributed by atoms with van der Waals surface area (Å²) < 4.78 is 78.5. The lowest BCUT2D eigenvalue weighted by Crippen LogP contribution is -2.52. The number of anilines is 1. The topological polar surface area (TPSA) is 185 Å². The van der Waals surface area contributed by atoms with Crippen molar-refractivity contribution in [3.8, 4) is 22.6 Å². The Morgan fingerprint density at radius 2 is 1.66 bits per heavy atom. The number of aliphatic hydroxyl groups excluding tert-OH is 1. The molecule has 5 aliphatic rings. The molecule has 4 atom stereocenters. The first-order valence-corrected chi connectivity index (χ1v) is 27.1. The highest BCUT2D eigenvalue weighted by atomic mass is 35.5. The number of primary amides is 1. The van der Waals surface area contributed by atoms with Crippen LogP contribution >= 0.6 is 11.6 Å². The van der Waals surface area contributed by atoms with E-state index < -0.39 is 69.7 Å². The maximum atomic E-state index is 16.5. The Hall–Kier alpha value is -6.28. The van der Waals surface area contributed by atoms with Crippen LogP contribution in [0.15, 0.2) is 54.6 Å². The number of aryl methyl sites for hydroxylation is 1. The number of fused-ring (bicyclic) bond motifs is 2. The van der Waals surface area contributed by atoms with E-state index in [1.807, 2.05) is 49.1 Å². The quantitative estimate of drug-likeness (QED) is 0.0785. The molecule has 4 aromatic carbocycles. The smallest absolute Gasteiger partial charge is 0.329 e. The molecule has 4 aliphatic heterocycles. The number of nitrogens with one attached hydrogen (secondary N) is 2. The van der Waals surface area contributed by atoms with Crippen LogP contribution < -0.4 is 30.7 Å². The molecule has 20 heteroatoms. The molecule has 5 aromatic rings. The van der Waals surface area contributed by atoms with E-state index >= 15 is 17.6 Å². The molecule has 5 N–H and O–H groups in total. The number of halogens is 5. The number of hydrogen-bond acceptors (Lipinski definition) is 10. The standard InChI is InChI=1S/C57H65ClF4N8O7/c1-31-28-68(20-16-36(31)45-39(59)26-38-51(50(45)62)67(4)66-53(38)70-23-17-43(72)65-55(70)75)29-33-14-21-69(22-15-33)54(74)56(3)18-12-35(13-19-56)64-30-57(34-8-6-5-7-9-34)32(2)44-42(77-57)27-40(60)48(58)47(44)46-37(52(63)73)10-11-41(49(46)61)76-25-24-71/h5-11,26-27,31-33,35-36,64,71H,12-25,28-30H2,1-4H3,(H2,63,73)(H,65,72,75). The number of benzene rings is 4. The third kappa shape index (κ3) is 9.90. The zero-order valence-corrected chi connectivity index (χ0v) is 44.5. The van der Waals surface area contributed by atoms with Crippen LogP contribution in [0.3, 0.4) is 0 Å². The molecule has 4 fully saturated rings. The summed E-state index contributed by atoms with van der Waals surface area (Å²) in [5, 5.41) is 19.5. The van der Waals surface area contributed by atoms with Crippen LogP contribution in [-0.4, -0.2) is 114 Å². The Morgan fingerprint density at radius 1 is 0.935 bits per heavy atom. The Bertz CT molecular complexity index is 3130. The van der Waals surface area contributed by atoms with Gasteiger partial charge in [-0.3, -0.25) is 29.3 Å². The third-order valence-electron chi connectivity index (χ3n) is 17.3. The molecular weight excluding hydrogens is 1020 g/mol. The summed E-state index contributed by atoms with van der Waals surface area (Å²) in [6.07, 6.45) is 5.07. The molecule has 15 nitrogen and oxygen atoms in total. The second kappa shape index (κ2) is 21.5. The number of ether oxygens (including phenoxy) is 2. The molecule has 5 heterocycles. The van der Waals surface area contributed by atoms with E-state index in [2.05, 4.69) is 27.6 Å². The average Bonchev–Trinajstić information content (AvgIpc) is 3.88. The Balaban J connectivity index is 0.758. The van der Waals surface area contributed by atoms with Gasteiger partial charge in [-0.2, -0.15) is 5.10 Å². The predicted octanol–water partition coefficient (Wildman–Crippen LogP) is 8.66. The van der Waals surface area contributed by atoms with Gasteiger partial charge in [0.2, 0.25) is 17.7 Å². The van der Waals surface area contributed by atoms with Crippen LogP contribution in [0.2, 0.25) is 5.02 Å². The van der Waals surface area contributed by atoms with Gasteiger partial charge in [0.15, 0.2) is 28.8 Å². The van der Waals surface area contributed by atoms with Gasteiger partial charge in [0, 0.05) is 98.4 Å². The molecule has 3 saturated heterocycles. The number of urea groups is 1. The highest BCUT2D eigenvalue weighted by Gasteiger charge is 2.51. The van der Waals surface area contributed by atoms with Crippen molar-refractivity contribution < 1.29 is 51.3 Å². The van der Waals surface area contributed by atoms with E-state index in [-0.39, 0.29) is 100 Å². The van der Waals surface area contributed by atoms with Gasteiger partial charge in [-0.1, -0.05) is 62.7 Å². The molecule has 410 valence electrons. The number of rotatable bonds is 14. The first-order chi connectivity index (χ1) is 36.8. The van der Waals surface area contributed by atoms with Crippen molar-refractivity contribution in [2.45, 2.75) is 95.6 Å². The number of nitrogens with zero attached hydrogens (tertiary/aromatic N) is 5. The average molecular weight is 1090 g/mol. The molecule has 1 aromatic heterocycles. The number of carbonyl (C=O) groups is 4. The summed E-state index contributed by atoms with van der Waals surface area (Å²) in [4.78, 5) is 57.2. The van der Waals surface area contributed by atoms with E-state index in [9.17, 15) is 24.3 Å². The number of nitrogens with two attached hydrogens (primary N) is 1. The summed E-state index contributed by atoms with van der Waals surface area (Å²) in [7, 11) is 1.56. The van der Waals surface area contributed by atoms with Crippen LogP contribution in [0, 0.1) is 40.5 Å². The predicted molar refractivity (Wildman–Crippen MR) is 282 cm³/mol. The fourth-order valence-electron chi connectivity index (χ4n) is 13.0. The molecule has 4 unspecified atom stereocenters. The fourth-order valence-corrected chi connectivity index (χ4v) is 13.3. The zero-order chi connectivity index (χ0) is 54.7. The highest BCUT2D eigenvalue weighted by Crippen LogP contribution is 2.57. The molecule has 0 spiro atoms. The Labute approximate surface area is 449 Å². The highest BCUT2D eigenvalue weighted by molar-refractivity contribution is 6.34. The third-order valence-corrected chi connectivity index (χ3v) is 17.6. The molecule has 5 amide bonds. The number of imide groups is 1. The molecule has 0 radical (unpaired) electrons. The van der Waals surface area contributed by atoms with E-state index in [0.717, 1.165) is 24.9 Å². The molecule has 10 rings (SSSR count). The normalized spacial score (nSPS) is 25.2. The van der Waals surface area contributed by atoms with Crippen LogP contribution in [-0.2, 0) is 22.2 Å². The van der Waals surface area contributed by atoms with Crippen molar-refractivity contribution >= 4 is 52.1 Å². The van der Waals surface area contributed by atoms with E-state index in [1.165, 1.54) is 33.8 Å². The Kier molecular flexibility index (Phi) is 15.1. The maximum absolute atomic E-state index is 16.5. The van der Waals surface area contributed by atoms with Gasteiger partial charge in [0.05, 0.1) is 22.6 Å². The molecule has 77 heavy (non-hydrogen) atoms. The minimum Gasteiger partial charge on any atom is -0.488 e. The van der Waals surface area contributed by atoms with Gasteiger partial charge in [-0.15, -0.1) is 0 Å². The number of aromatic nitrogens is 2. The molecular formula is C57H65ClF4N8O7. The largest absolute Gasteiger partial charge is 0.488 e. The number of hydrogen-bond donors (Lipinski definition) is 4. The summed E-state index contributed by atoms with van der Waals surface area (Å²) in [6.45, 7) is 9.15. The van der Waals surface area contributed by atoms with E-state index in [0.29, 0.717) is 69.8 Å². The van der Waals surface area contributed by atoms with Crippen LogP contribution in [0.5, 0.6) is 11.5 Å². The number of likely N-dealkylation sites (tertiary alicyclic amines) is 2. The summed E-state index contributed by atoms with van der Waals surface area (Å²) >= 11 is 6.73. The summed E-state index contributed by atoms with van der Waals surface area (Å²) in [5.41, 5.74) is 4.75. The van der Waals surface area contributed by atoms with Crippen LogP contribution in [0.1, 0.15) is 111 Å². The molecule has 1 aliphatic carbocycles. The zero-order valence-electron chi connectivity index (χ0n) is 43.7. The number of amides is 5. The molecule has 1 saturated carbocycles. The van der Waals surface area contributed by atoms with Crippen LogP contribution in [0.4, 0.5) is 28.2 Å². The molecule has 0 bridgehead atoms. The number of aliphatic hydroxyl groups is 1. The van der Waals surface area contributed by atoms with Gasteiger partial charge in [0.1, 0.15) is 29.5 Å². The van der Waals surface area contributed by atoms with Gasteiger partial charge in [-0.25, -0.2) is 22.4 Å². The van der Waals surface area contributed by atoms with Gasteiger partial charge < -0.3 is 35.4 Å². The van der Waals surface area contributed by atoms with Crippen molar-refractivity contribution in [1.82, 2.24) is 30.2 Å². The van der Waals surface area contributed by atoms with Gasteiger partial charge in [0.25, 0.3) is 0 Å². The minimum atomic E-state index is -1.14. The second-order valence-corrected chi connectivity index (χ2v) is 22.4. The lowest BCUT2D eigenvalue weighted by Gasteiger charge is -2.44.